The summed E-state index contributed by atoms with van der Waals surface area (Å²) in [5, 5.41) is 10.2. The van der Waals surface area contributed by atoms with Crippen LogP contribution in [0.3, 0.4) is 0 Å². The van der Waals surface area contributed by atoms with Crippen molar-refractivity contribution in [2.75, 3.05) is 0 Å². The van der Waals surface area contributed by atoms with E-state index in [0.29, 0.717) is 22.0 Å². The fourth-order valence-corrected chi connectivity index (χ4v) is 1.04. The lowest BCUT2D eigenvalue weighted by Crippen LogP contribution is -2.03. The molecule has 1 rings (SSSR count). The van der Waals surface area contributed by atoms with Crippen LogP contribution in [0.25, 0.3) is 0 Å². The van der Waals surface area contributed by atoms with Gasteiger partial charge in [-0.3, -0.25) is 14.9 Å². The first kappa shape index (κ1) is 9.71. The summed E-state index contributed by atoms with van der Waals surface area (Å²) in [6.07, 6.45) is 0. The number of nitro groups is 1. The predicted molar refractivity (Wildman–Crippen MR) is 47.7 cm³/mol. The van der Waals surface area contributed by atoms with Crippen LogP contribution in [0.1, 0.15) is 0 Å². The number of hydrogen-bond donors (Lipinski definition) is 0. The fraction of sp³-hybridized carbons (Fsp3) is 0. The van der Waals surface area contributed by atoms with E-state index in [4.69, 9.17) is 4.74 Å². The molecule has 6 heteroatoms. The topological polar surface area (TPSA) is 69.4 Å². The quantitative estimate of drug-likeness (QED) is 0.396. The molecule has 13 heavy (non-hydrogen) atoms. The number of nitro benzene ring substituents is 1. The van der Waals surface area contributed by atoms with Crippen LogP contribution in [0.15, 0.2) is 24.3 Å². The van der Waals surface area contributed by atoms with Gasteiger partial charge in [-0.25, -0.2) is 0 Å². The zero-order chi connectivity index (χ0) is 9.84. The highest BCUT2D eigenvalue weighted by Crippen LogP contribution is 2.16. The molecule has 1 aromatic carbocycles. The van der Waals surface area contributed by atoms with Gasteiger partial charge in [-0.15, -0.1) is 0 Å². The second kappa shape index (κ2) is 4.03. The van der Waals surface area contributed by atoms with Gasteiger partial charge in [-0.1, -0.05) is 0 Å². The number of carbonyl (C=O) groups excluding carboxylic acids is 1. The first-order valence-electron chi connectivity index (χ1n) is 3.52. The van der Waals surface area contributed by atoms with Gasteiger partial charge in [0.1, 0.15) is 5.75 Å². The third-order valence-electron chi connectivity index (χ3n) is 1.31. The third-order valence-corrected chi connectivity index (χ3v) is 1.51. The van der Waals surface area contributed by atoms with E-state index in [1.165, 1.54) is 24.3 Å². The molecule has 0 aliphatic heterocycles. The molecule has 0 saturated heterocycles. The Morgan fingerprint density at radius 1 is 1.38 bits per heavy atom. The van der Waals surface area contributed by atoms with Crippen LogP contribution in [0.4, 0.5) is 10.5 Å². The molecule has 0 fully saturated rings. The Morgan fingerprint density at radius 3 is 2.31 bits per heavy atom. The maximum atomic E-state index is 10.5. The van der Waals surface area contributed by atoms with Gasteiger partial charge in [0, 0.05) is 12.1 Å². The van der Waals surface area contributed by atoms with E-state index in [2.05, 4.69) is 0 Å². The van der Waals surface area contributed by atoms with E-state index in [9.17, 15) is 14.9 Å². The van der Waals surface area contributed by atoms with E-state index >= 15 is 0 Å². The normalized spacial score (nSPS) is 9.23. The number of ether oxygens (including phenoxy) is 1. The van der Waals surface area contributed by atoms with Gasteiger partial charge >= 0.3 is 16.3 Å². The van der Waals surface area contributed by atoms with Gasteiger partial charge in [-0.2, -0.15) is 0 Å². The number of nitrogens with zero attached hydrogens (tertiary/aromatic N) is 1. The van der Waals surface area contributed by atoms with Gasteiger partial charge in [0.25, 0.3) is 5.69 Å². The monoisotopic (exact) mass is 195 g/mol. The van der Waals surface area contributed by atoms with Crippen molar-refractivity contribution < 1.29 is 14.5 Å². The van der Waals surface area contributed by atoms with Gasteiger partial charge < -0.3 is 4.74 Å². The highest BCUT2D eigenvalue weighted by atomic mass is 27.0. The number of hydrogen-bond acceptors (Lipinski definition) is 4. The molecule has 0 aliphatic rings. The summed E-state index contributed by atoms with van der Waals surface area (Å²) in [4.78, 5) is 20.0. The van der Waals surface area contributed by atoms with Gasteiger partial charge in [0.15, 0.2) is 4.83 Å². The molecule has 0 atom stereocenters. The average molecular weight is 195 g/mol. The Morgan fingerprint density at radius 2 is 1.92 bits per heavy atom. The summed E-state index contributed by atoms with van der Waals surface area (Å²) < 4.78 is 4.75. The molecule has 0 aromatic heterocycles. The van der Waals surface area contributed by atoms with Crippen molar-refractivity contribution in [1.29, 1.82) is 0 Å². The molecule has 0 radical (unpaired) electrons. The Bertz CT molecular complexity index is 335. The number of carbonyl (C=O) groups is 1. The Kier molecular flexibility index (Phi) is 3.01. The average Bonchev–Trinajstić information content (AvgIpc) is 2.04. The van der Waals surface area contributed by atoms with E-state index in [0.717, 1.165) is 0 Å². The van der Waals surface area contributed by atoms with Crippen molar-refractivity contribution in [3.63, 3.8) is 0 Å². The standard InChI is InChI=1S/C7H4NO4.Al.2H/c9-5-12-7-3-1-6(2-4-7)8(10)11;;;/h1-4H;;;. The van der Waals surface area contributed by atoms with Crippen molar-refractivity contribution in [3.05, 3.63) is 34.4 Å². The van der Waals surface area contributed by atoms with Crippen molar-refractivity contribution >= 4 is 26.8 Å². The predicted octanol–water partition coefficient (Wildman–Crippen LogP) is 0.727. The summed E-state index contributed by atoms with van der Waals surface area (Å²) in [5.74, 6) is 0.339. The summed E-state index contributed by atoms with van der Waals surface area (Å²) in [5.41, 5.74) is -0.0202. The van der Waals surface area contributed by atoms with Crippen LogP contribution in [-0.4, -0.2) is 26.0 Å². The molecule has 66 valence electrons. The Hall–Kier alpha value is -1.38. The molecule has 0 spiro atoms. The molecule has 5 nitrogen and oxygen atoms in total. The van der Waals surface area contributed by atoms with E-state index in [1.54, 1.807) is 0 Å². The highest BCUT2D eigenvalue weighted by molar-refractivity contribution is 6.55. The SMILES string of the molecule is O=[C]([AlH2])Oc1ccc([N+](=O)[O-])cc1. The first-order chi connectivity index (χ1) is 6.09. The molecule has 0 heterocycles. The zero-order valence-electron chi connectivity index (χ0n) is 6.89. The largest absolute Gasteiger partial charge is 0.444 e. The van der Waals surface area contributed by atoms with Gasteiger partial charge in [0.05, 0.1) is 4.92 Å². The van der Waals surface area contributed by atoms with Crippen molar-refractivity contribution in [3.8, 4) is 5.75 Å². The van der Waals surface area contributed by atoms with Crippen molar-refractivity contribution in [1.82, 2.24) is 0 Å². The van der Waals surface area contributed by atoms with Crippen LogP contribution in [0.5, 0.6) is 5.75 Å². The molecular formula is C7H6AlNO4. The molecule has 0 N–H and O–H groups in total. The lowest BCUT2D eigenvalue weighted by Gasteiger charge is -1.99. The maximum Gasteiger partial charge on any atom is 0.389 e. The van der Waals surface area contributed by atoms with Crippen LogP contribution >= 0.6 is 0 Å². The molecular weight excluding hydrogens is 189 g/mol. The minimum atomic E-state index is -0.508. The summed E-state index contributed by atoms with van der Waals surface area (Å²) in [7, 11) is 0. The molecule has 0 saturated carbocycles. The number of rotatable bonds is 2. The zero-order valence-corrected chi connectivity index (χ0v) is 8.89. The van der Waals surface area contributed by atoms with E-state index in [1.807, 2.05) is 0 Å². The van der Waals surface area contributed by atoms with E-state index in [-0.39, 0.29) is 10.5 Å². The van der Waals surface area contributed by atoms with Gasteiger partial charge in [-0.05, 0) is 12.1 Å². The van der Waals surface area contributed by atoms with Crippen LogP contribution in [-0.2, 0) is 0 Å². The molecule has 0 amide bonds. The highest BCUT2D eigenvalue weighted by Gasteiger charge is 2.04. The molecule has 1 aromatic rings. The Balaban J connectivity index is 2.81. The van der Waals surface area contributed by atoms with Crippen molar-refractivity contribution in [2.45, 2.75) is 0 Å². The summed E-state index contributed by atoms with van der Waals surface area (Å²) in [6.45, 7) is 0. The second-order valence-electron chi connectivity index (χ2n) is 2.34. The van der Waals surface area contributed by atoms with Crippen LogP contribution in [0.2, 0.25) is 0 Å². The first-order valence-corrected chi connectivity index (χ1v) is 4.52. The lowest BCUT2D eigenvalue weighted by molar-refractivity contribution is -0.384. The lowest BCUT2D eigenvalue weighted by atomic mass is 10.3. The van der Waals surface area contributed by atoms with E-state index < -0.39 is 4.92 Å². The van der Waals surface area contributed by atoms with Gasteiger partial charge in [0.2, 0.25) is 0 Å². The second-order valence-corrected chi connectivity index (χ2v) is 3.16. The summed E-state index contributed by atoms with van der Waals surface area (Å²) >= 11 is 0.304. The third kappa shape index (κ3) is 2.86. The molecule has 0 unspecified atom stereocenters. The van der Waals surface area contributed by atoms with Crippen molar-refractivity contribution in [2.24, 2.45) is 0 Å². The number of benzene rings is 1. The van der Waals surface area contributed by atoms with Crippen LogP contribution in [0, 0.1) is 10.1 Å². The smallest absolute Gasteiger partial charge is 0.389 e. The number of non-ortho nitro benzene ring substituents is 1. The molecule has 0 bridgehead atoms. The minimum Gasteiger partial charge on any atom is -0.444 e. The summed E-state index contributed by atoms with van der Waals surface area (Å²) in [6, 6.07) is 5.38. The fourth-order valence-electron chi connectivity index (χ4n) is 0.802. The Labute approximate surface area is 81.9 Å². The maximum absolute atomic E-state index is 10.5. The van der Waals surface area contributed by atoms with Crippen LogP contribution < -0.4 is 4.74 Å². The minimum absolute atomic E-state index is 0.0202. The molecule has 0 aliphatic carbocycles.